The van der Waals surface area contributed by atoms with Crippen LogP contribution >= 0.6 is 0 Å². The maximum absolute atomic E-state index is 14.8. The summed E-state index contributed by atoms with van der Waals surface area (Å²) in [6.45, 7) is 4.45. The lowest BCUT2D eigenvalue weighted by Crippen LogP contribution is -2.54. The molecule has 0 bridgehead atoms. The van der Waals surface area contributed by atoms with E-state index in [9.17, 15) is 28.4 Å². The molecule has 0 radical (unpaired) electrons. The van der Waals surface area contributed by atoms with Crippen molar-refractivity contribution < 1.29 is 33.1 Å². The summed E-state index contributed by atoms with van der Waals surface area (Å²) in [5.41, 5.74) is 4.94. The van der Waals surface area contributed by atoms with E-state index in [1.54, 1.807) is 36.5 Å². The SMILES string of the molecule is COc1cccc(F)c1-c1ncc2[nH]nc(-c3ccc(N4CCN(CC(=O)NCCCCCNc5cccc6c5C(=O)N(C5CCC(=O)NC5=O)C6=O)CC4)cc3)c2n1. The second-order valence-electron chi connectivity index (χ2n) is 14.7. The number of piperazine rings is 1. The number of nitrogens with one attached hydrogen (secondary N) is 4. The van der Waals surface area contributed by atoms with Crippen LogP contribution in [0.5, 0.6) is 5.75 Å². The lowest BCUT2D eigenvalue weighted by molar-refractivity contribution is -0.136. The van der Waals surface area contributed by atoms with Crippen LogP contribution in [-0.4, -0.2) is 118 Å². The van der Waals surface area contributed by atoms with E-state index in [1.165, 1.54) is 13.2 Å². The Morgan fingerprint density at radius 2 is 1.69 bits per heavy atom. The molecule has 1 atom stereocenters. The number of imide groups is 2. The molecular weight excluding hydrogens is 760 g/mol. The van der Waals surface area contributed by atoms with Crippen LogP contribution in [0, 0.1) is 5.82 Å². The number of carbonyl (C=O) groups excluding carboxylic acids is 5. The van der Waals surface area contributed by atoms with Crippen LogP contribution in [0.3, 0.4) is 0 Å². The molecule has 304 valence electrons. The number of hydrogen-bond acceptors (Lipinski definition) is 12. The molecule has 0 saturated carbocycles. The van der Waals surface area contributed by atoms with Crippen LogP contribution in [0.2, 0.25) is 0 Å². The molecule has 5 amide bonds. The number of H-pyrrole nitrogens is 1. The Labute approximate surface area is 338 Å². The topological polar surface area (TPSA) is 195 Å². The van der Waals surface area contributed by atoms with Gasteiger partial charge in [-0.2, -0.15) is 5.10 Å². The minimum Gasteiger partial charge on any atom is -0.496 e. The van der Waals surface area contributed by atoms with Crippen molar-refractivity contribution in [2.75, 3.05) is 63.1 Å². The quantitative estimate of drug-likeness (QED) is 0.0940. The molecule has 0 spiro atoms. The van der Waals surface area contributed by atoms with Crippen molar-refractivity contribution in [3.63, 3.8) is 0 Å². The molecule has 5 heterocycles. The number of benzene rings is 3. The Morgan fingerprint density at radius 3 is 2.47 bits per heavy atom. The fourth-order valence-electron chi connectivity index (χ4n) is 7.82. The monoisotopic (exact) mass is 802 g/mol. The highest BCUT2D eigenvalue weighted by Crippen LogP contribution is 2.34. The van der Waals surface area contributed by atoms with Gasteiger partial charge in [0.1, 0.15) is 34.3 Å². The number of piperidine rings is 1. The average molecular weight is 803 g/mol. The van der Waals surface area contributed by atoms with Gasteiger partial charge >= 0.3 is 0 Å². The van der Waals surface area contributed by atoms with Crippen molar-refractivity contribution in [3.8, 4) is 28.4 Å². The third-order valence-corrected chi connectivity index (χ3v) is 10.9. The number of unbranched alkanes of at least 4 members (excludes halogenated alkanes) is 2. The summed E-state index contributed by atoms with van der Waals surface area (Å²) in [7, 11) is 1.48. The van der Waals surface area contributed by atoms with Crippen LogP contribution in [0.4, 0.5) is 15.8 Å². The molecule has 2 aromatic heterocycles. The minimum atomic E-state index is -1.01. The van der Waals surface area contributed by atoms with E-state index < -0.39 is 35.5 Å². The Balaban J connectivity index is 0.755. The van der Waals surface area contributed by atoms with Crippen molar-refractivity contribution in [1.82, 2.24) is 40.6 Å². The largest absolute Gasteiger partial charge is 0.496 e. The first-order valence-electron chi connectivity index (χ1n) is 19.7. The second-order valence-corrected chi connectivity index (χ2v) is 14.7. The lowest BCUT2D eigenvalue weighted by Gasteiger charge is -2.35. The van der Waals surface area contributed by atoms with Crippen molar-refractivity contribution in [2.24, 2.45) is 0 Å². The number of fused-ring (bicyclic) bond motifs is 2. The number of carbonyl (C=O) groups is 5. The van der Waals surface area contributed by atoms with E-state index in [0.29, 0.717) is 47.8 Å². The molecule has 3 aromatic carbocycles. The third kappa shape index (κ3) is 8.05. The van der Waals surface area contributed by atoms with Crippen LogP contribution in [0.15, 0.2) is 66.9 Å². The van der Waals surface area contributed by atoms with Gasteiger partial charge in [0.05, 0.1) is 36.5 Å². The van der Waals surface area contributed by atoms with E-state index in [0.717, 1.165) is 61.6 Å². The first kappa shape index (κ1) is 39.1. The van der Waals surface area contributed by atoms with E-state index >= 15 is 0 Å². The van der Waals surface area contributed by atoms with Crippen LogP contribution in [0.1, 0.15) is 52.8 Å². The number of aromatic amines is 1. The number of rotatable bonds is 14. The van der Waals surface area contributed by atoms with E-state index in [-0.39, 0.29) is 41.3 Å². The molecule has 2 saturated heterocycles. The van der Waals surface area contributed by atoms with Gasteiger partial charge in [-0.1, -0.05) is 24.3 Å². The highest BCUT2D eigenvalue weighted by atomic mass is 19.1. The molecule has 0 aliphatic carbocycles. The number of methoxy groups -OCH3 is 1. The number of anilines is 2. The van der Waals surface area contributed by atoms with E-state index in [1.807, 2.05) is 24.3 Å². The summed E-state index contributed by atoms with van der Waals surface area (Å²) in [6.07, 6.45) is 4.16. The zero-order valence-corrected chi connectivity index (χ0v) is 32.4. The fraction of sp³-hybridized carbons (Fsp3) is 0.333. The predicted octanol–water partition coefficient (Wildman–Crippen LogP) is 3.76. The van der Waals surface area contributed by atoms with Crippen LogP contribution in [0.25, 0.3) is 33.7 Å². The average Bonchev–Trinajstić information content (AvgIpc) is 3.78. The first-order valence-corrected chi connectivity index (χ1v) is 19.7. The standard InChI is InChI=1S/C42H43FN10O6/c1-59-32-10-6-8-28(43)36(32)39-46-23-30-38(48-39)37(50-49-30)25-11-13-26(14-12-25)52-21-19-51(20-22-52)24-34(55)45-18-4-2-3-17-44-29-9-5-7-27-35(29)42(58)53(41(27)57)31-15-16-33(54)47-40(31)56/h5-14,23,31,44H,2-4,15-22,24H2,1H3,(H,45,55)(H,49,50)(H,47,54,56). The molecule has 1 unspecified atom stereocenters. The summed E-state index contributed by atoms with van der Waals surface area (Å²) < 4.78 is 20.1. The van der Waals surface area contributed by atoms with Gasteiger partial charge in [0.15, 0.2) is 5.82 Å². The van der Waals surface area contributed by atoms with E-state index in [2.05, 4.69) is 45.9 Å². The summed E-state index contributed by atoms with van der Waals surface area (Å²) in [4.78, 5) is 77.5. The molecule has 17 heteroatoms. The summed E-state index contributed by atoms with van der Waals surface area (Å²) >= 11 is 0. The Kier molecular flexibility index (Phi) is 11.3. The number of aromatic nitrogens is 4. The Hall–Kier alpha value is -6.75. The number of halogens is 1. The van der Waals surface area contributed by atoms with Gasteiger partial charge in [0.2, 0.25) is 17.7 Å². The minimum absolute atomic E-state index is 0.0174. The molecule has 4 N–H and O–H groups in total. The third-order valence-electron chi connectivity index (χ3n) is 10.9. The summed E-state index contributed by atoms with van der Waals surface area (Å²) in [5.74, 6) is -2.08. The first-order chi connectivity index (χ1) is 28.7. The Morgan fingerprint density at radius 1 is 0.915 bits per heavy atom. The molecular formula is C42H43FN10O6. The molecule has 59 heavy (non-hydrogen) atoms. The number of ether oxygens (including phenoxy) is 1. The number of amides is 5. The molecule has 16 nitrogen and oxygen atoms in total. The van der Waals surface area contributed by atoms with Gasteiger partial charge in [-0.25, -0.2) is 14.4 Å². The smallest absolute Gasteiger partial charge is 0.264 e. The predicted molar refractivity (Wildman–Crippen MR) is 216 cm³/mol. The number of hydrogen-bond donors (Lipinski definition) is 4. The van der Waals surface area contributed by atoms with Crippen molar-refractivity contribution in [3.05, 3.63) is 83.8 Å². The van der Waals surface area contributed by atoms with Crippen molar-refractivity contribution in [1.29, 1.82) is 0 Å². The molecule has 3 aliphatic rings. The second kappa shape index (κ2) is 17.0. The van der Waals surface area contributed by atoms with Crippen LogP contribution < -0.4 is 25.6 Å². The highest BCUT2D eigenvalue weighted by molar-refractivity contribution is 6.25. The maximum atomic E-state index is 14.8. The Bertz CT molecular complexity index is 2430. The zero-order valence-electron chi connectivity index (χ0n) is 32.4. The lowest BCUT2D eigenvalue weighted by atomic mass is 10.0. The van der Waals surface area contributed by atoms with Gasteiger partial charge in [-0.3, -0.25) is 44.2 Å². The van der Waals surface area contributed by atoms with Crippen molar-refractivity contribution in [2.45, 2.75) is 38.1 Å². The highest BCUT2D eigenvalue weighted by Gasteiger charge is 2.45. The zero-order chi connectivity index (χ0) is 41.0. The number of nitrogens with zero attached hydrogens (tertiary/aromatic N) is 6. The molecule has 2 fully saturated rings. The van der Waals surface area contributed by atoms with Gasteiger partial charge in [0.25, 0.3) is 11.8 Å². The molecule has 3 aliphatic heterocycles. The normalized spacial score (nSPS) is 17.0. The molecule has 5 aromatic rings. The summed E-state index contributed by atoms with van der Waals surface area (Å²) in [6, 6.07) is 16.6. The fourth-order valence-corrected chi connectivity index (χ4v) is 7.82. The van der Waals surface area contributed by atoms with Gasteiger partial charge < -0.3 is 20.3 Å². The van der Waals surface area contributed by atoms with Crippen molar-refractivity contribution >= 4 is 51.9 Å². The van der Waals surface area contributed by atoms with Gasteiger partial charge in [-0.15, -0.1) is 0 Å². The summed E-state index contributed by atoms with van der Waals surface area (Å²) in [5, 5.41) is 15.9. The van der Waals surface area contributed by atoms with Gasteiger partial charge in [0, 0.05) is 62.6 Å². The van der Waals surface area contributed by atoms with E-state index in [4.69, 9.17) is 4.74 Å². The molecule has 8 rings (SSSR count). The van der Waals surface area contributed by atoms with Gasteiger partial charge in [-0.05, 0) is 62.1 Å². The maximum Gasteiger partial charge on any atom is 0.264 e. The van der Waals surface area contributed by atoms with Crippen LogP contribution in [-0.2, 0) is 14.4 Å².